The van der Waals surface area contributed by atoms with Crippen molar-refractivity contribution in [2.75, 3.05) is 33.2 Å². The number of carbonyl (C=O) groups is 1. The summed E-state index contributed by atoms with van der Waals surface area (Å²) in [6.45, 7) is 5.40. The lowest BCUT2D eigenvalue weighted by molar-refractivity contribution is -0.134. The lowest BCUT2D eigenvalue weighted by Gasteiger charge is -2.29. The van der Waals surface area contributed by atoms with E-state index >= 15 is 0 Å². The van der Waals surface area contributed by atoms with Gasteiger partial charge in [-0.3, -0.25) is 4.79 Å². The van der Waals surface area contributed by atoms with Crippen molar-refractivity contribution in [3.63, 3.8) is 0 Å². The third kappa shape index (κ3) is 5.06. The minimum absolute atomic E-state index is 0.229. The van der Waals surface area contributed by atoms with Crippen LogP contribution in [0.4, 0.5) is 0 Å². The number of hydrogen-bond donors (Lipinski definition) is 1. The van der Waals surface area contributed by atoms with Gasteiger partial charge in [0.25, 0.3) is 0 Å². The number of piperidine rings is 1. The van der Waals surface area contributed by atoms with E-state index in [1.807, 2.05) is 6.07 Å². The van der Waals surface area contributed by atoms with Crippen LogP contribution in [-0.2, 0) is 17.9 Å². The average molecular weight is 392 g/mol. The molecular weight excluding hydrogens is 358 g/mol. The lowest BCUT2D eigenvalue weighted by atomic mass is 9.91. The molecule has 2 aromatic carbocycles. The predicted molar refractivity (Wildman–Crippen MR) is 117 cm³/mol. The number of benzene rings is 2. The van der Waals surface area contributed by atoms with Gasteiger partial charge in [-0.05, 0) is 55.9 Å². The largest absolute Gasteiger partial charge is 0.337 e. The van der Waals surface area contributed by atoms with Gasteiger partial charge in [0, 0.05) is 32.1 Å². The minimum Gasteiger partial charge on any atom is -0.337 e. The normalized spacial score (nSPS) is 20.0. The summed E-state index contributed by atoms with van der Waals surface area (Å²) in [5, 5.41) is 3.44. The first kappa shape index (κ1) is 20.1. The highest BCUT2D eigenvalue weighted by Gasteiger charge is 2.58. The van der Waals surface area contributed by atoms with E-state index in [0.29, 0.717) is 12.5 Å². The van der Waals surface area contributed by atoms with Gasteiger partial charge in [-0.15, -0.1) is 0 Å². The van der Waals surface area contributed by atoms with Gasteiger partial charge in [0.15, 0.2) is 0 Å². The lowest BCUT2D eigenvalue weighted by Crippen LogP contribution is -2.40. The standard InChI is InChI=1S/C25H33N3O/c1-27(19-21-8-4-2-5-9-21)16-17-28(20-22-10-6-3-7-11-22)24(29)23-18-25(23)12-14-26-15-13-25/h2-11,23,26H,12-20H2,1H3. The third-order valence-corrected chi connectivity index (χ3v) is 6.66. The van der Waals surface area contributed by atoms with Crippen LogP contribution in [-0.4, -0.2) is 48.9 Å². The Balaban J connectivity index is 1.39. The maximum absolute atomic E-state index is 13.4. The van der Waals surface area contributed by atoms with Crippen LogP contribution < -0.4 is 5.32 Å². The minimum atomic E-state index is 0.229. The van der Waals surface area contributed by atoms with Crippen molar-refractivity contribution in [2.45, 2.75) is 32.4 Å². The van der Waals surface area contributed by atoms with Gasteiger partial charge in [0.1, 0.15) is 0 Å². The average Bonchev–Trinajstić information content (AvgIpc) is 3.45. The van der Waals surface area contributed by atoms with Crippen LogP contribution in [0.25, 0.3) is 0 Å². The maximum Gasteiger partial charge on any atom is 0.226 e. The second-order valence-corrected chi connectivity index (χ2v) is 8.84. The second-order valence-electron chi connectivity index (χ2n) is 8.84. The SMILES string of the molecule is CN(CCN(Cc1ccccc1)C(=O)C1CC12CCNCC2)Cc1ccccc1. The van der Waals surface area contributed by atoms with E-state index in [1.165, 1.54) is 11.1 Å². The molecule has 0 aromatic heterocycles. The van der Waals surface area contributed by atoms with Crippen LogP contribution in [0.5, 0.6) is 0 Å². The Bertz CT molecular complexity index is 786. The molecule has 1 aliphatic heterocycles. The van der Waals surface area contributed by atoms with Gasteiger partial charge < -0.3 is 15.1 Å². The number of nitrogens with zero attached hydrogens (tertiary/aromatic N) is 2. The topological polar surface area (TPSA) is 35.6 Å². The first-order valence-electron chi connectivity index (χ1n) is 10.9. The van der Waals surface area contributed by atoms with E-state index in [1.54, 1.807) is 0 Å². The number of amides is 1. The molecule has 4 rings (SSSR count). The zero-order valence-electron chi connectivity index (χ0n) is 17.5. The Labute approximate surface area is 174 Å². The Kier molecular flexibility index (Phi) is 6.31. The second kappa shape index (κ2) is 9.10. The van der Waals surface area contributed by atoms with Gasteiger partial charge in [-0.2, -0.15) is 0 Å². The van der Waals surface area contributed by atoms with E-state index in [-0.39, 0.29) is 11.3 Å². The van der Waals surface area contributed by atoms with Crippen LogP contribution in [0, 0.1) is 11.3 Å². The highest BCUT2D eigenvalue weighted by molar-refractivity contribution is 5.82. The number of carbonyl (C=O) groups excluding carboxylic acids is 1. The summed E-state index contributed by atoms with van der Waals surface area (Å²) < 4.78 is 0. The van der Waals surface area contributed by atoms with E-state index in [2.05, 4.69) is 76.8 Å². The number of hydrogen-bond acceptors (Lipinski definition) is 3. The summed E-state index contributed by atoms with van der Waals surface area (Å²) >= 11 is 0. The fourth-order valence-electron chi connectivity index (χ4n) is 4.73. The first-order chi connectivity index (χ1) is 14.2. The van der Waals surface area contributed by atoms with Gasteiger partial charge in [-0.25, -0.2) is 0 Å². The summed E-state index contributed by atoms with van der Waals surface area (Å²) in [5.41, 5.74) is 2.81. The van der Waals surface area contributed by atoms with Gasteiger partial charge >= 0.3 is 0 Å². The molecule has 154 valence electrons. The van der Waals surface area contributed by atoms with Crippen LogP contribution in [0.2, 0.25) is 0 Å². The molecule has 2 fully saturated rings. The van der Waals surface area contributed by atoms with Crippen LogP contribution >= 0.6 is 0 Å². The van der Waals surface area contributed by atoms with Crippen molar-refractivity contribution in [1.29, 1.82) is 0 Å². The van der Waals surface area contributed by atoms with Crippen molar-refractivity contribution in [2.24, 2.45) is 11.3 Å². The summed E-state index contributed by atoms with van der Waals surface area (Å²) in [5.74, 6) is 0.594. The molecule has 1 amide bonds. The van der Waals surface area contributed by atoms with Gasteiger partial charge in [0.05, 0.1) is 0 Å². The summed E-state index contributed by atoms with van der Waals surface area (Å²) in [4.78, 5) is 17.9. The number of likely N-dealkylation sites (N-methyl/N-ethyl adjacent to an activating group) is 1. The molecule has 0 radical (unpaired) electrons. The molecule has 1 spiro atoms. The van der Waals surface area contributed by atoms with Crippen molar-refractivity contribution in [3.8, 4) is 0 Å². The van der Waals surface area contributed by atoms with E-state index in [4.69, 9.17) is 0 Å². The van der Waals surface area contributed by atoms with E-state index in [9.17, 15) is 4.79 Å². The Morgan fingerprint density at radius 2 is 1.52 bits per heavy atom. The molecule has 4 heteroatoms. The van der Waals surface area contributed by atoms with Gasteiger partial charge in [0.2, 0.25) is 5.91 Å². The smallest absolute Gasteiger partial charge is 0.226 e. The zero-order chi connectivity index (χ0) is 20.1. The van der Waals surface area contributed by atoms with Crippen LogP contribution in [0.15, 0.2) is 60.7 Å². The molecule has 2 aliphatic rings. The molecule has 1 heterocycles. The van der Waals surface area contributed by atoms with E-state index < -0.39 is 0 Å². The molecule has 1 N–H and O–H groups in total. The Morgan fingerprint density at radius 3 is 2.14 bits per heavy atom. The molecule has 1 unspecified atom stereocenters. The third-order valence-electron chi connectivity index (χ3n) is 6.66. The molecule has 1 atom stereocenters. The summed E-state index contributed by atoms with van der Waals surface area (Å²) in [6, 6.07) is 20.9. The number of rotatable bonds is 8. The van der Waals surface area contributed by atoms with Gasteiger partial charge in [-0.1, -0.05) is 60.7 Å². The monoisotopic (exact) mass is 391 g/mol. The van der Waals surface area contributed by atoms with Crippen molar-refractivity contribution < 1.29 is 4.79 Å². The first-order valence-corrected chi connectivity index (χ1v) is 10.9. The Hall–Kier alpha value is -2.17. The predicted octanol–water partition coefficient (Wildman–Crippen LogP) is 3.54. The molecule has 4 nitrogen and oxygen atoms in total. The van der Waals surface area contributed by atoms with Crippen molar-refractivity contribution in [1.82, 2.24) is 15.1 Å². The molecule has 1 saturated heterocycles. The molecular formula is C25H33N3O. The Morgan fingerprint density at radius 1 is 0.931 bits per heavy atom. The fraction of sp³-hybridized carbons (Fsp3) is 0.480. The fourth-order valence-corrected chi connectivity index (χ4v) is 4.73. The highest BCUT2D eigenvalue weighted by Crippen LogP contribution is 2.59. The summed E-state index contributed by atoms with van der Waals surface area (Å²) in [6.07, 6.45) is 3.38. The van der Waals surface area contributed by atoms with Crippen molar-refractivity contribution in [3.05, 3.63) is 71.8 Å². The molecule has 1 aliphatic carbocycles. The number of nitrogens with one attached hydrogen (secondary N) is 1. The molecule has 0 bridgehead atoms. The zero-order valence-corrected chi connectivity index (χ0v) is 17.5. The molecule has 1 saturated carbocycles. The molecule has 2 aromatic rings. The quantitative estimate of drug-likeness (QED) is 0.748. The van der Waals surface area contributed by atoms with Crippen LogP contribution in [0.3, 0.4) is 0 Å². The maximum atomic E-state index is 13.4. The summed E-state index contributed by atoms with van der Waals surface area (Å²) in [7, 11) is 2.14. The molecule has 29 heavy (non-hydrogen) atoms. The van der Waals surface area contributed by atoms with E-state index in [0.717, 1.165) is 52.0 Å². The highest BCUT2D eigenvalue weighted by atomic mass is 16.2. The van der Waals surface area contributed by atoms with Crippen molar-refractivity contribution >= 4 is 5.91 Å². The van der Waals surface area contributed by atoms with Crippen LogP contribution in [0.1, 0.15) is 30.4 Å².